The molecule has 10 heteroatoms. The third-order valence-corrected chi connectivity index (χ3v) is 5.54. The Morgan fingerprint density at radius 2 is 2.10 bits per heavy atom. The second kappa shape index (κ2) is 9.31. The van der Waals surface area contributed by atoms with Crippen LogP contribution >= 0.6 is 27.7 Å². The van der Waals surface area contributed by atoms with Crippen LogP contribution in [0.3, 0.4) is 0 Å². The average molecular weight is 495 g/mol. The average Bonchev–Trinajstić information content (AvgIpc) is 2.93. The first-order valence-corrected chi connectivity index (χ1v) is 10.4. The van der Waals surface area contributed by atoms with E-state index in [0.717, 1.165) is 11.0 Å². The topological polar surface area (TPSA) is 95.9 Å². The molecule has 1 aliphatic rings. The van der Waals surface area contributed by atoms with Gasteiger partial charge in [-0.2, -0.15) is 0 Å². The summed E-state index contributed by atoms with van der Waals surface area (Å²) in [5.41, 5.74) is 0.741. The summed E-state index contributed by atoms with van der Waals surface area (Å²) in [4.78, 5) is 38.0. The minimum Gasteiger partial charge on any atom is -0.504 e. The second-order valence-corrected chi connectivity index (χ2v) is 7.95. The van der Waals surface area contributed by atoms with Crippen LogP contribution in [0.25, 0.3) is 6.08 Å². The Labute approximate surface area is 184 Å². The van der Waals surface area contributed by atoms with Gasteiger partial charge in [0.15, 0.2) is 11.5 Å². The van der Waals surface area contributed by atoms with Gasteiger partial charge in [0.25, 0.3) is 11.1 Å². The first-order valence-electron chi connectivity index (χ1n) is 8.74. The summed E-state index contributed by atoms with van der Waals surface area (Å²) < 4.78 is 19.1. The standard InChI is InChI=1S/C20H16BrFN2O5S/c1-2-29-16-6-11(14(21)9-15(16)25)7-17-19(27)24(20(28)30-17)10-18(26)23-13-5-3-4-12(22)8-13/h3-9,25H,2,10H2,1H3,(H,23,26)/b17-7+. The number of nitrogens with one attached hydrogen (secondary N) is 1. The van der Waals surface area contributed by atoms with E-state index in [-0.39, 0.29) is 22.1 Å². The van der Waals surface area contributed by atoms with Crippen LogP contribution in [0.4, 0.5) is 14.9 Å². The van der Waals surface area contributed by atoms with E-state index in [2.05, 4.69) is 21.2 Å². The molecule has 0 bridgehead atoms. The molecule has 0 saturated carbocycles. The molecule has 0 radical (unpaired) electrons. The van der Waals surface area contributed by atoms with E-state index >= 15 is 0 Å². The molecule has 1 aliphatic heterocycles. The van der Waals surface area contributed by atoms with E-state index in [1.807, 2.05) is 0 Å². The minimum atomic E-state index is -0.631. The second-order valence-electron chi connectivity index (χ2n) is 6.10. The molecule has 3 rings (SSSR count). The zero-order valence-electron chi connectivity index (χ0n) is 15.6. The predicted molar refractivity (Wildman–Crippen MR) is 115 cm³/mol. The van der Waals surface area contributed by atoms with Gasteiger partial charge in [0, 0.05) is 10.2 Å². The molecule has 2 aromatic carbocycles. The van der Waals surface area contributed by atoms with Crippen LogP contribution in [0, 0.1) is 5.82 Å². The minimum absolute atomic E-state index is 0.0667. The van der Waals surface area contributed by atoms with Crippen molar-refractivity contribution in [1.29, 1.82) is 0 Å². The maximum absolute atomic E-state index is 13.2. The maximum atomic E-state index is 13.2. The van der Waals surface area contributed by atoms with Gasteiger partial charge in [-0.05, 0) is 60.7 Å². The van der Waals surface area contributed by atoms with Crippen LogP contribution in [0.5, 0.6) is 11.5 Å². The van der Waals surface area contributed by atoms with E-state index in [0.29, 0.717) is 28.4 Å². The number of phenolic OH excluding ortho intramolecular Hbond substituents is 1. The number of benzene rings is 2. The SMILES string of the molecule is CCOc1cc(/C=C2/SC(=O)N(CC(=O)Nc3cccc(F)c3)C2=O)c(Br)cc1O. The number of anilines is 1. The highest BCUT2D eigenvalue weighted by molar-refractivity contribution is 9.10. The quantitative estimate of drug-likeness (QED) is 0.578. The Balaban J connectivity index is 1.76. The van der Waals surface area contributed by atoms with Crippen molar-refractivity contribution in [3.05, 3.63) is 57.2 Å². The number of carbonyl (C=O) groups excluding carboxylic acids is 3. The summed E-state index contributed by atoms with van der Waals surface area (Å²) in [6.45, 7) is 1.60. The molecule has 1 saturated heterocycles. The van der Waals surface area contributed by atoms with Crippen LogP contribution in [-0.4, -0.2) is 40.2 Å². The number of phenols is 1. The highest BCUT2D eigenvalue weighted by Gasteiger charge is 2.36. The Bertz CT molecular complexity index is 1060. The van der Waals surface area contributed by atoms with Crippen LogP contribution in [0.15, 0.2) is 45.8 Å². The van der Waals surface area contributed by atoms with Gasteiger partial charge in [0.1, 0.15) is 12.4 Å². The number of ether oxygens (including phenoxy) is 1. The number of rotatable bonds is 6. The van der Waals surface area contributed by atoms with Crippen LogP contribution in [-0.2, 0) is 9.59 Å². The van der Waals surface area contributed by atoms with Crippen molar-refractivity contribution in [1.82, 2.24) is 4.90 Å². The summed E-state index contributed by atoms with van der Waals surface area (Å²) >= 11 is 3.99. The van der Waals surface area contributed by atoms with Gasteiger partial charge in [-0.25, -0.2) is 4.39 Å². The fraction of sp³-hybridized carbons (Fsp3) is 0.150. The summed E-state index contributed by atoms with van der Waals surface area (Å²) in [5, 5.41) is 11.8. The molecule has 30 heavy (non-hydrogen) atoms. The number of carbonyl (C=O) groups is 3. The Kier molecular flexibility index (Phi) is 6.78. The number of halogens is 2. The lowest BCUT2D eigenvalue weighted by molar-refractivity contribution is -0.127. The molecule has 2 aromatic rings. The molecule has 2 N–H and O–H groups in total. The van der Waals surface area contributed by atoms with Gasteiger partial charge in [-0.15, -0.1) is 0 Å². The van der Waals surface area contributed by atoms with Crippen molar-refractivity contribution in [3.63, 3.8) is 0 Å². The lowest BCUT2D eigenvalue weighted by atomic mass is 10.2. The number of amides is 3. The van der Waals surface area contributed by atoms with Crippen molar-refractivity contribution < 1.29 is 28.6 Å². The van der Waals surface area contributed by atoms with Gasteiger partial charge in [0.2, 0.25) is 5.91 Å². The van der Waals surface area contributed by atoms with Crippen molar-refractivity contribution in [3.8, 4) is 11.5 Å². The van der Waals surface area contributed by atoms with E-state index in [1.54, 1.807) is 6.92 Å². The largest absolute Gasteiger partial charge is 0.504 e. The molecule has 156 valence electrons. The third kappa shape index (κ3) is 5.00. The smallest absolute Gasteiger partial charge is 0.294 e. The number of thioether (sulfide) groups is 1. The Hall–Kier alpha value is -2.85. The highest BCUT2D eigenvalue weighted by atomic mass is 79.9. The summed E-state index contributed by atoms with van der Waals surface area (Å²) in [7, 11) is 0. The molecule has 0 unspecified atom stereocenters. The number of nitrogens with zero attached hydrogens (tertiary/aromatic N) is 1. The molecule has 0 aliphatic carbocycles. The van der Waals surface area contributed by atoms with E-state index in [4.69, 9.17) is 4.74 Å². The summed E-state index contributed by atoms with van der Waals surface area (Å²) in [5.74, 6) is -1.61. The Morgan fingerprint density at radius 3 is 2.80 bits per heavy atom. The lowest BCUT2D eigenvalue weighted by Crippen LogP contribution is -2.36. The Morgan fingerprint density at radius 1 is 1.33 bits per heavy atom. The molecule has 0 aromatic heterocycles. The molecular weight excluding hydrogens is 479 g/mol. The number of hydrogen-bond acceptors (Lipinski definition) is 6. The fourth-order valence-corrected chi connectivity index (χ4v) is 3.90. The third-order valence-electron chi connectivity index (χ3n) is 3.95. The van der Waals surface area contributed by atoms with Crippen LogP contribution in [0.1, 0.15) is 12.5 Å². The molecule has 3 amide bonds. The first-order chi connectivity index (χ1) is 14.3. The van der Waals surface area contributed by atoms with E-state index < -0.39 is 29.4 Å². The molecule has 0 spiro atoms. The fourth-order valence-electron chi connectivity index (χ4n) is 2.63. The highest BCUT2D eigenvalue weighted by Crippen LogP contribution is 2.37. The maximum Gasteiger partial charge on any atom is 0.294 e. The summed E-state index contributed by atoms with van der Waals surface area (Å²) in [6.07, 6.45) is 1.47. The van der Waals surface area contributed by atoms with Crippen molar-refractivity contribution in [2.75, 3.05) is 18.5 Å². The number of aromatic hydroxyl groups is 1. The van der Waals surface area contributed by atoms with Crippen LogP contribution < -0.4 is 10.1 Å². The molecule has 1 heterocycles. The van der Waals surface area contributed by atoms with Gasteiger partial charge >= 0.3 is 0 Å². The normalized spacial score (nSPS) is 15.0. The molecule has 7 nitrogen and oxygen atoms in total. The van der Waals surface area contributed by atoms with Crippen molar-refractivity contribution >= 4 is 56.5 Å². The van der Waals surface area contributed by atoms with Gasteiger partial charge in [-0.1, -0.05) is 22.0 Å². The van der Waals surface area contributed by atoms with Gasteiger partial charge in [0.05, 0.1) is 11.5 Å². The van der Waals surface area contributed by atoms with E-state index in [9.17, 15) is 23.9 Å². The molecular formula is C20H16BrFN2O5S. The van der Waals surface area contributed by atoms with Crippen molar-refractivity contribution in [2.45, 2.75) is 6.92 Å². The van der Waals surface area contributed by atoms with E-state index in [1.165, 1.54) is 36.4 Å². The summed E-state index contributed by atoms with van der Waals surface area (Å²) in [6, 6.07) is 8.24. The van der Waals surface area contributed by atoms with Crippen molar-refractivity contribution in [2.24, 2.45) is 0 Å². The van der Waals surface area contributed by atoms with Crippen LogP contribution in [0.2, 0.25) is 0 Å². The zero-order valence-corrected chi connectivity index (χ0v) is 18.0. The lowest BCUT2D eigenvalue weighted by Gasteiger charge is -2.12. The van der Waals surface area contributed by atoms with Gasteiger partial charge in [-0.3, -0.25) is 19.3 Å². The number of imide groups is 1. The predicted octanol–water partition coefficient (Wildman–Crippen LogP) is 4.37. The van der Waals surface area contributed by atoms with Gasteiger partial charge < -0.3 is 15.2 Å². The molecule has 0 atom stereocenters. The zero-order chi connectivity index (χ0) is 21.8. The monoisotopic (exact) mass is 494 g/mol. The molecule has 1 fully saturated rings. The number of hydrogen-bond donors (Lipinski definition) is 2. The first kappa shape index (κ1) is 21.8.